The number of hydrogen-bond donors (Lipinski definition) is 1. The fourth-order valence-corrected chi connectivity index (χ4v) is 6.28. The van der Waals surface area contributed by atoms with E-state index in [-0.39, 0.29) is 0 Å². The van der Waals surface area contributed by atoms with Crippen LogP contribution in [-0.4, -0.2) is 31.2 Å². The van der Waals surface area contributed by atoms with Gasteiger partial charge in [0.15, 0.2) is 6.10 Å². The molecule has 202 valence electrons. The van der Waals surface area contributed by atoms with E-state index in [9.17, 15) is 9.90 Å². The van der Waals surface area contributed by atoms with Crippen LogP contribution in [0.4, 0.5) is 0 Å². The van der Waals surface area contributed by atoms with E-state index in [0.29, 0.717) is 16.5 Å². The van der Waals surface area contributed by atoms with Crippen molar-refractivity contribution < 1.29 is 14.6 Å². The summed E-state index contributed by atoms with van der Waals surface area (Å²) in [7, 11) is 2.04. The summed E-state index contributed by atoms with van der Waals surface area (Å²) < 4.78 is 9.16. The number of aryl methyl sites for hydroxylation is 2. The molecule has 0 radical (unpaired) electrons. The molecule has 6 nitrogen and oxygen atoms in total. The number of fused-ring (bicyclic) bond motifs is 2. The van der Waals surface area contributed by atoms with Crippen LogP contribution >= 0.6 is 22.9 Å². The zero-order valence-electron chi connectivity index (χ0n) is 23.2. The highest BCUT2D eigenvalue weighted by Crippen LogP contribution is 2.44. The number of carbonyl (C=O) groups is 1. The molecule has 5 aromatic rings. The van der Waals surface area contributed by atoms with Gasteiger partial charge in [0.1, 0.15) is 10.8 Å². The number of carboxylic acids is 1. The molecule has 5 rings (SSSR count). The van der Waals surface area contributed by atoms with E-state index in [0.717, 1.165) is 54.3 Å². The van der Waals surface area contributed by atoms with Crippen molar-refractivity contribution in [3.8, 4) is 21.7 Å². The fraction of sp³-hybridized carbons (Fsp3) is 0.323. The molecule has 0 aliphatic rings. The maximum absolute atomic E-state index is 12.6. The Morgan fingerprint density at radius 3 is 2.31 bits per heavy atom. The second-order valence-corrected chi connectivity index (χ2v) is 12.6. The minimum atomic E-state index is -1.15. The van der Waals surface area contributed by atoms with Crippen molar-refractivity contribution in [2.24, 2.45) is 7.05 Å². The lowest BCUT2D eigenvalue weighted by molar-refractivity contribution is -0.160. The lowest BCUT2D eigenvalue weighted by Gasteiger charge is -2.28. The molecule has 1 atom stereocenters. The summed E-state index contributed by atoms with van der Waals surface area (Å²) in [5, 5.41) is 11.7. The van der Waals surface area contributed by atoms with Gasteiger partial charge in [-0.25, -0.2) is 14.8 Å². The maximum Gasteiger partial charge on any atom is 0.337 e. The Morgan fingerprint density at radius 2 is 1.69 bits per heavy atom. The van der Waals surface area contributed by atoms with Gasteiger partial charge >= 0.3 is 5.97 Å². The predicted molar refractivity (Wildman–Crippen MR) is 160 cm³/mol. The monoisotopic (exact) mass is 561 g/mol. The summed E-state index contributed by atoms with van der Waals surface area (Å²) in [4.78, 5) is 22.4. The summed E-state index contributed by atoms with van der Waals surface area (Å²) in [6.45, 7) is 11.8. The van der Waals surface area contributed by atoms with Crippen LogP contribution in [0.3, 0.4) is 0 Å². The third-order valence-corrected chi connectivity index (χ3v) is 8.09. The number of benzene rings is 3. The van der Waals surface area contributed by atoms with Crippen LogP contribution in [0.5, 0.6) is 0 Å². The second-order valence-electron chi connectivity index (χ2n) is 11.2. The number of ether oxygens (including phenoxy) is 1. The van der Waals surface area contributed by atoms with Gasteiger partial charge in [-0.15, -0.1) is 11.3 Å². The van der Waals surface area contributed by atoms with E-state index in [2.05, 4.69) is 36.6 Å². The zero-order valence-corrected chi connectivity index (χ0v) is 24.7. The van der Waals surface area contributed by atoms with E-state index in [4.69, 9.17) is 26.3 Å². The van der Waals surface area contributed by atoms with Gasteiger partial charge in [-0.05, 0) is 75.2 Å². The van der Waals surface area contributed by atoms with E-state index in [1.807, 2.05) is 65.1 Å². The number of rotatable bonds is 6. The standard InChI is InChI=1S/C31H32ClN3O3S/c1-16(2)28-33-21-15-19(10-13-23(21)35(28)7)29-34-22-14-17(3)24(26(30(36)37)38-31(4,5)6)25(27(22)39-29)18-8-11-20(32)12-9-18/h8-16,26H,1-7H3,(H,36,37)/t26-/m0/s1. The number of imidazole rings is 1. The van der Waals surface area contributed by atoms with Gasteiger partial charge in [0, 0.05) is 34.7 Å². The van der Waals surface area contributed by atoms with Gasteiger partial charge < -0.3 is 14.4 Å². The Bertz CT molecular complexity index is 1710. The number of nitrogens with zero attached hydrogens (tertiary/aromatic N) is 3. The average Bonchev–Trinajstić information content (AvgIpc) is 3.42. The van der Waals surface area contributed by atoms with Gasteiger partial charge in [0.2, 0.25) is 0 Å². The Morgan fingerprint density at radius 1 is 1.03 bits per heavy atom. The first-order valence-corrected chi connectivity index (χ1v) is 14.1. The van der Waals surface area contributed by atoms with Crippen molar-refractivity contribution >= 4 is 50.2 Å². The quantitative estimate of drug-likeness (QED) is 0.225. The Hall–Kier alpha value is -3.26. The molecule has 0 unspecified atom stereocenters. The second kappa shape index (κ2) is 10.0. The molecule has 2 heterocycles. The number of thiazole rings is 1. The topological polar surface area (TPSA) is 77.2 Å². The van der Waals surface area contributed by atoms with Crippen molar-refractivity contribution in [1.29, 1.82) is 0 Å². The summed E-state index contributed by atoms with van der Waals surface area (Å²) in [6.07, 6.45) is -1.15. The molecule has 0 aliphatic heterocycles. The first-order valence-electron chi connectivity index (χ1n) is 12.9. The van der Waals surface area contributed by atoms with Crippen LogP contribution in [0.1, 0.15) is 63.6 Å². The molecule has 0 saturated heterocycles. The first-order chi connectivity index (χ1) is 18.3. The lowest BCUT2D eigenvalue weighted by atomic mass is 9.91. The van der Waals surface area contributed by atoms with Crippen molar-refractivity contribution in [3.63, 3.8) is 0 Å². The number of aliphatic carboxylic acids is 1. The van der Waals surface area contributed by atoms with Gasteiger partial charge in [0.05, 0.1) is 26.9 Å². The summed E-state index contributed by atoms with van der Waals surface area (Å²) in [5.41, 5.74) is 6.24. The van der Waals surface area contributed by atoms with Crippen LogP contribution in [-0.2, 0) is 16.6 Å². The highest BCUT2D eigenvalue weighted by Gasteiger charge is 2.32. The molecular formula is C31H32ClN3O3S. The molecule has 2 aromatic heterocycles. The molecule has 0 saturated carbocycles. The molecule has 1 N–H and O–H groups in total. The van der Waals surface area contributed by atoms with Crippen molar-refractivity contribution in [3.05, 3.63) is 70.5 Å². The predicted octanol–water partition coefficient (Wildman–Crippen LogP) is 8.54. The van der Waals surface area contributed by atoms with E-state index < -0.39 is 17.7 Å². The van der Waals surface area contributed by atoms with Crippen LogP contribution in [0.15, 0.2) is 48.5 Å². The Kier molecular flexibility index (Phi) is 7.04. The largest absolute Gasteiger partial charge is 0.479 e. The lowest BCUT2D eigenvalue weighted by Crippen LogP contribution is -2.28. The first kappa shape index (κ1) is 27.3. The van der Waals surface area contributed by atoms with Crippen molar-refractivity contribution in [1.82, 2.24) is 14.5 Å². The molecule has 0 fully saturated rings. The third kappa shape index (κ3) is 5.19. The molecule has 0 spiro atoms. The molecule has 8 heteroatoms. The number of aromatic nitrogens is 3. The molecule has 3 aromatic carbocycles. The summed E-state index contributed by atoms with van der Waals surface area (Å²) in [6, 6.07) is 15.7. The van der Waals surface area contributed by atoms with E-state index in [1.165, 1.54) is 0 Å². The van der Waals surface area contributed by atoms with Crippen LogP contribution in [0.2, 0.25) is 5.02 Å². The van der Waals surface area contributed by atoms with Gasteiger partial charge in [-0.2, -0.15) is 0 Å². The Labute approximate surface area is 237 Å². The van der Waals surface area contributed by atoms with Crippen molar-refractivity contribution in [2.75, 3.05) is 0 Å². The minimum Gasteiger partial charge on any atom is -0.479 e. The van der Waals surface area contributed by atoms with E-state index >= 15 is 0 Å². The highest BCUT2D eigenvalue weighted by atomic mass is 35.5. The van der Waals surface area contributed by atoms with Gasteiger partial charge in [-0.1, -0.05) is 37.6 Å². The summed E-state index contributed by atoms with van der Waals surface area (Å²) >= 11 is 7.76. The van der Waals surface area contributed by atoms with Crippen LogP contribution < -0.4 is 0 Å². The average molecular weight is 562 g/mol. The Balaban J connectivity index is 1.76. The smallest absolute Gasteiger partial charge is 0.337 e. The summed E-state index contributed by atoms with van der Waals surface area (Å²) in [5.74, 6) is 0.318. The van der Waals surface area contributed by atoms with E-state index in [1.54, 1.807) is 11.3 Å². The zero-order chi connectivity index (χ0) is 28.2. The number of hydrogen-bond acceptors (Lipinski definition) is 5. The minimum absolute atomic E-state index is 0.314. The number of carboxylic acid groups (broad SMARTS) is 1. The van der Waals surface area contributed by atoms with Gasteiger partial charge in [-0.3, -0.25) is 0 Å². The third-order valence-electron chi connectivity index (χ3n) is 6.70. The fourth-order valence-electron chi connectivity index (χ4n) is 5.03. The molecule has 0 amide bonds. The normalized spacial score (nSPS) is 13.1. The molecular weight excluding hydrogens is 530 g/mol. The molecule has 0 bridgehead atoms. The SMILES string of the molecule is Cc1cc2nc(-c3ccc4c(c3)nc(C(C)C)n4C)sc2c(-c2ccc(Cl)cc2)c1[C@H](OC(C)(C)C)C(=O)O. The highest BCUT2D eigenvalue weighted by molar-refractivity contribution is 7.22. The number of halogens is 1. The van der Waals surface area contributed by atoms with Crippen molar-refractivity contribution in [2.45, 2.75) is 59.2 Å². The maximum atomic E-state index is 12.6. The van der Waals surface area contributed by atoms with Gasteiger partial charge in [0.25, 0.3) is 0 Å². The molecule has 0 aliphatic carbocycles. The van der Waals surface area contributed by atoms with Crippen LogP contribution in [0, 0.1) is 6.92 Å². The van der Waals surface area contributed by atoms with Crippen LogP contribution in [0.25, 0.3) is 42.9 Å². The molecule has 39 heavy (non-hydrogen) atoms.